The Balaban J connectivity index is 1.63. The van der Waals surface area contributed by atoms with E-state index in [1.165, 1.54) is 5.57 Å². The summed E-state index contributed by atoms with van der Waals surface area (Å²) in [5.41, 5.74) is 7.26. The summed E-state index contributed by atoms with van der Waals surface area (Å²) in [6, 6.07) is 5.88. The summed E-state index contributed by atoms with van der Waals surface area (Å²) >= 11 is 0. The molecule has 0 aromatic carbocycles. The summed E-state index contributed by atoms with van der Waals surface area (Å²) in [5, 5.41) is 7.48. The quantitative estimate of drug-likeness (QED) is 0.586. The van der Waals surface area contributed by atoms with Gasteiger partial charge in [0.25, 0.3) is 0 Å². The molecule has 1 aliphatic rings. The van der Waals surface area contributed by atoms with Crippen molar-refractivity contribution in [2.75, 3.05) is 6.54 Å². The van der Waals surface area contributed by atoms with Crippen molar-refractivity contribution >= 4 is 33.9 Å². The van der Waals surface area contributed by atoms with Gasteiger partial charge in [-0.1, -0.05) is 13.0 Å². The van der Waals surface area contributed by atoms with Gasteiger partial charge in [0.2, 0.25) is 0 Å². The van der Waals surface area contributed by atoms with Gasteiger partial charge in [-0.25, -0.2) is 9.97 Å². The van der Waals surface area contributed by atoms with Crippen LogP contribution in [0.1, 0.15) is 19.0 Å². The minimum Gasteiger partial charge on any atom is -0.335 e. The summed E-state index contributed by atoms with van der Waals surface area (Å²) in [7, 11) is 0. The number of hydrogen-bond acceptors (Lipinski definition) is 5. The molecule has 1 aliphatic heterocycles. The summed E-state index contributed by atoms with van der Waals surface area (Å²) in [6.07, 6.45) is 10.6. The van der Waals surface area contributed by atoms with Crippen molar-refractivity contribution in [1.29, 1.82) is 0 Å². The number of rotatable bonds is 3. The van der Waals surface area contributed by atoms with Crippen molar-refractivity contribution < 1.29 is 0 Å². The van der Waals surface area contributed by atoms with Gasteiger partial charge in [0.1, 0.15) is 5.52 Å². The Kier molecular flexibility index (Phi) is 3.64. The van der Waals surface area contributed by atoms with Crippen molar-refractivity contribution in [3.8, 4) is 11.5 Å². The first kappa shape index (κ1) is 15.6. The minimum absolute atomic E-state index is 0.657. The first-order valence-electron chi connectivity index (χ1n) is 8.88. The maximum absolute atomic E-state index is 4.88. The smallest absolute Gasteiger partial charge is 0.161 e. The SMILES string of the molecule is CCC1=CC(c2ccc3[nH]nc(-c4nc5ccncc5[nH]4)c3n2)=CCN=C1. The summed E-state index contributed by atoms with van der Waals surface area (Å²) in [6.45, 7) is 2.78. The molecule has 5 rings (SSSR count). The molecule has 0 aliphatic carbocycles. The lowest BCUT2D eigenvalue weighted by Crippen LogP contribution is -1.91. The molecule has 27 heavy (non-hydrogen) atoms. The third-order valence-corrected chi connectivity index (χ3v) is 4.63. The lowest BCUT2D eigenvalue weighted by atomic mass is 10.1. The number of nitrogens with zero attached hydrogens (tertiary/aromatic N) is 5. The highest BCUT2D eigenvalue weighted by atomic mass is 15.1. The molecule has 132 valence electrons. The van der Waals surface area contributed by atoms with Crippen molar-refractivity contribution in [1.82, 2.24) is 30.1 Å². The predicted molar refractivity (Wildman–Crippen MR) is 106 cm³/mol. The van der Waals surface area contributed by atoms with E-state index in [4.69, 9.17) is 4.98 Å². The Morgan fingerprint density at radius 1 is 1.11 bits per heavy atom. The molecular weight excluding hydrogens is 338 g/mol. The summed E-state index contributed by atoms with van der Waals surface area (Å²) in [5.74, 6) is 0.678. The number of hydrogen-bond donors (Lipinski definition) is 2. The van der Waals surface area contributed by atoms with E-state index >= 15 is 0 Å². The monoisotopic (exact) mass is 355 g/mol. The van der Waals surface area contributed by atoms with E-state index in [0.29, 0.717) is 18.1 Å². The van der Waals surface area contributed by atoms with E-state index in [0.717, 1.165) is 39.8 Å². The van der Waals surface area contributed by atoms with Crippen LogP contribution in [-0.4, -0.2) is 42.9 Å². The molecule has 0 saturated heterocycles. The number of aromatic amines is 2. The lowest BCUT2D eigenvalue weighted by Gasteiger charge is -2.03. The van der Waals surface area contributed by atoms with Gasteiger partial charge in [0, 0.05) is 12.4 Å². The predicted octanol–water partition coefficient (Wildman–Crippen LogP) is 3.70. The van der Waals surface area contributed by atoms with Crippen LogP contribution < -0.4 is 0 Å². The molecule has 0 bridgehead atoms. The molecule has 2 N–H and O–H groups in total. The maximum Gasteiger partial charge on any atom is 0.161 e. The number of pyridine rings is 2. The Morgan fingerprint density at radius 3 is 2.96 bits per heavy atom. The van der Waals surface area contributed by atoms with Gasteiger partial charge in [-0.05, 0) is 41.8 Å². The average molecular weight is 355 g/mol. The number of nitrogens with one attached hydrogen (secondary N) is 2. The first-order valence-corrected chi connectivity index (χ1v) is 8.88. The molecule has 0 saturated carbocycles. The molecule has 4 aromatic rings. The van der Waals surface area contributed by atoms with E-state index in [1.54, 1.807) is 12.4 Å². The molecule has 0 amide bonds. The summed E-state index contributed by atoms with van der Waals surface area (Å²) in [4.78, 5) is 21.3. The number of allylic oxidation sites excluding steroid dienone is 3. The van der Waals surface area contributed by atoms with Crippen molar-refractivity contribution in [3.05, 3.63) is 54.0 Å². The number of imidazole rings is 1. The van der Waals surface area contributed by atoms with Crippen LogP contribution in [0.3, 0.4) is 0 Å². The minimum atomic E-state index is 0.657. The third-order valence-electron chi connectivity index (χ3n) is 4.63. The fourth-order valence-electron chi connectivity index (χ4n) is 3.18. The van der Waals surface area contributed by atoms with Crippen LogP contribution in [0.25, 0.3) is 39.2 Å². The zero-order chi connectivity index (χ0) is 18.2. The van der Waals surface area contributed by atoms with E-state index in [2.05, 4.69) is 49.2 Å². The molecule has 7 nitrogen and oxygen atoms in total. The molecule has 5 heterocycles. The molecule has 0 fully saturated rings. The Labute approximate surface area is 155 Å². The third kappa shape index (κ3) is 2.73. The van der Waals surface area contributed by atoms with Gasteiger partial charge in [-0.15, -0.1) is 0 Å². The second-order valence-electron chi connectivity index (χ2n) is 6.37. The van der Waals surface area contributed by atoms with Crippen LogP contribution in [0.4, 0.5) is 0 Å². The van der Waals surface area contributed by atoms with Gasteiger partial charge < -0.3 is 4.98 Å². The van der Waals surface area contributed by atoms with Crippen LogP contribution in [0.15, 0.2) is 53.3 Å². The van der Waals surface area contributed by atoms with Crippen LogP contribution in [0, 0.1) is 0 Å². The number of aromatic nitrogens is 6. The summed E-state index contributed by atoms with van der Waals surface area (Å²) < 4.78 is 0. The standard InChI is InChI=1S/C20H17N7/c1-2-12-9-13(5-7-21-10-12)14-3-4-16-18(23-14)19(27-26-16)20-24-15-6-8-22-11-17(15)25-20/h3-6,8-11H,2,7H2,1H3,(H,24,25)(H,26,27). The van der Waals surface area contributed by atoms with Gasteiger partial charge >= 0.3 is 0 Å². The highest BCUT2D eigenvalue weighted by Gasteiger charge is 2.15. The van der Waals surface area contributed by atoms with E-state index in [9.17, 15) is 0 Å². The van der Waals surface area contributed by atoms with Gasteiger partial charge in [0.05, 0.1) is 35.0 Å². The van der Waals surface area contributed by atoms with Crippen LogP contribution in [0.5, 0.6) is 0 Å². The molecule has 0 unspecified atom stereocenters. The molecule has 0 spiro atoms. The van der Waals surface area contributed by atoms with Crippen molar-refractivity contribution in [2.45, 2.75) is 13.3 Å². The molecular formula is C20H17N7. The van der Waals surface area contributed by atoms with E-state index < -0.39 is 0 Å². The van der Waals surface area contributed by atoms with E-state index in [-0.39, 0.29) is 0 Å². The number of H-pyrrole nitrogens is 2. The first-order chi connectivity index (χ1) is 13.3. The normalized spacial score (nSPS) is 14.4. The Hall–Kier alpha value is -3.61. The van der Waals surface area contributed by atoms with Crippen LogP contribution in [0.2, 0.25) is 0 Å². The zero-order valence-electron chi connectivity index (χ0n) is 14.8. The second kappa shape index (κ2) is 6.28. The number of aliphatic imine (C=N–C) groups is 1. The van der Waals surface area contributed by atoms with Gasteiger partial charge in [0.15, 0.2) is 11.5 Å². The zero-order valence-corrected chi connectivity index (χ0v) is 14.8. The molecule has 4 aromatic heterocycles. The van der Waals surface area contributed by atoms with Crippen LogP contribution in [-0.2, 0) is 0 Å². The van der Waals surface area contributed by atoms with Crippen LogP contribution >= 0.6 is 0 Å². The maximum atomic E-state index is 4.88. The van der Waals surface area contributed by atoms with Gasteiger partial charge in [-0.3, -0.25) is 15.1 Å². The number of fused-ring (bicyclic) bond motifs is 2. The lowest BCUT2D eigenvalue weighted by molar-refractivity contribution is 1.10. The van der Waals surface area contributed by atoms with Gasteiger partial charge in [-0.2, -0.15) is 5.10 Å². The van der Waals surface area contributed by atoms with E-state index in [1.807, 2.05) is 24.4 Å². The fraction of sp³-hybridized carbons (Fsp3) is 0.150. The Morgan fingerprint density at radius 2 is 2.07 bits per heavy atom. The topological polar surface area (TPSA) is 95.5 Å². The molecule has 0 radical (unpaired) electrons. The molecule has 7 heteroatoms. The average Bonchev–Trinajstić information content (AvgIpc) is 3.23. The Bertz CT molecular complexity index is 1210. The van der Waals surface area contributed by atoms with Crippen molar-refractivity contribution in [3.63, 3.8) is 0 Å². The second-order valence-corrected chi connectivity index (χ2v) is 6.37. The van der Waals surface area contributed by atoms with Crippen molar-refractivity contribution in [2.24, 2.45) is 4.99 Å². The molecule has 0 atom stereocenters. The largest absolute Gasteiger partial charge is 0.335 e. The highest BCUT2D eigenvalue weighted by Crippen LogP contribution is 2.27. The fourth-order valence-corrected chi connectivity index (χ4v) is 3.18. The highest BCUT2D eigenvalue weighted by molar-refractivity contribution is 5.92.